The largest absolute Gasteiger partial charge is 0.237 e. The Morgan fingerprint density at radius 3 is 2.36 bits per heavy atom. The van der Waals surface area contributed by atoms with Crippen LogP contribution in [0, 0.1) is 17.3 Å². The molecule has 0 aromatic carbocycles. The highest BCUT2D eigenvalue weighted by Crippen LogP contribution is 2.85. The molecule has 0 N–H and O–H groups in total. The second-order valence-electron chi connectivity index (χ2n) is 8.36. The third-order valence-electron chi connectivity index (χ3n) is 7.23. The van der Waals surface area contributed by atoms with Gasteiger partial charge in [-0.05, 0) is 61.2 Å². The number of hydrogen-bond acceptors (Lipinski definition) is 0. The molecule has 1 heterocycles. The highest BCUT2D eigenvalue weighted by Gasteiger charge is 2.75. The molecule has 0 bridgehead atoms. The summed E-state index contributed by atoms with van der Waals surface area (Å²) in [5, 5.41) is 1.12. The van der Waals surface area contributed by atoms with E-state index in [0.717, 1.165) is 17.1 Å². The van der Waals surface area contributed by atoms with E-state index in [1.165, 1.54) is 57.8 Å². The molecular weight excluding hydrogens is 284 g/mol. The van der Waals surface area contributed by atoms with Crippen molar-refractivity contribution in [3.63, 3.8) is 0 Å². The maximum atomic E-state index is 4.60. The maximum absolute atomic E-state index is 4.60. The Hall–Kier alpha value is 0.0900. The van der Waals surface area contributed by atoms with Crippen LogP contribution < -0.4 is 0 Å². The molecule has 1 aliphatic heterocycles. The summed E-state index contributed by atoms with van der Waals surface area (Å²) < 4.78 is 0. The second-order valence-corrected chi connectivity index (χ2v) is 12.3. The van der Waals surface area contributed by atoms with E-state index in [2.05, 4.69) is 27.4 Å². The lowest BCUT2D eigenvalue weighted by Crippen LogP contribution is -2.29. The minimum absolute atomic E-state index is 0.340. The topological polar surface area (TPSA) is 0 Å². The van der Waals surface area contributed by atoms with Crippen LogP contribution in [0.25, 0.3) is 0 Å². The fraction of sp³-hybridized carbons (Fsp3) is 0.905. The Morgan fingerprint density at radius 2 is 1.77 bits per heavy atom. The molecule has 22 heavy (non-hydrogen) atoms. The lowest BCUT2D eigenvalue weighted by molar-refractivity contribution is 0.440. The van der Waals surface area contributed by atoms with Gasteiger partial charge >= 0.3 is 0 Å². The summed E-state index contributed by atoms with van der Waals surface area (Å²) in [6.07, 6.45) is 13.1. The average molecular weight is 323 g/mol. The molecule has 4 unspecified atom stereocenters. The van der Waals surface area contributed by atoms with Crippen molar-refractivity contribution in [2.75, 3.05) is 17.3 Å². The van der Waals surface area contributed by atoms with Gasteiger partial charge in [-0.1, -0.05) is 58.6 Å². The predicted octanol–water partition coefficient (Wildman–Crippen LogP) is 6.55. The van der Waals surface area contributed by atoms with Crippen molar-refractivity contribution in [2.24, 2.45) is 17.3 Å². The van der Waals surface area contributed by atoms with E-state index < -0.39 is 0 Å². The zero-order valence-corrected chi connectivity index (χ0v) is 16.1. The molecule has 2 aliphatic carbocycles. The molecule has 0 amide bonds. The average Bonchev–Trinajstić information content (AvgIpc) is 3.10. The fourth-order valence-electron chi connectivity index (χ4n) is 6.19. The van der Waals surface area contributed by atoms with Gasteiger partial charge in [0.15, 0.2) is 0 Å². The standard InChI is InChI=1S/C21H38S/c1-5-8-14-22(15-9-6-2)16-12-17(4)21-13-11-18(10-7-3)19(21)20(21)22/h18-20H,4-16H2,1-3H3. The summed E-state index contributed by atoms with van der Waals surface area (Å²) in [6.45, 7) is 11.8. The van der Waals surface area contributed by atoms with Crippen LogP contribution in [0.15, 0.2) is 12.2 Å². The normalized spacial score (nSPS) is 40.1. The quantitative estimate of drug-likeness (QED) is 0.445. The van der Waals surface area contributed by atoms with Crippen molar-refractivity contribution in [1.82, 2.24) is 0 Å². The Bertz CT molecular complexity index is 404. The maximum Gasteiger partial charge on any atom is 0.00583 e. The van der Waals surface area contributed by atoms with Crippen molar-refractivity contribution in [1.29, 1.82) is 0 Å². The monoisotopic (exact) mass is 322 g/mol. The van der Waals surface area contributed by atoms with Gasteiger partial charge in [0.1, 0.15) is 0 Å². The first kappa shape index (κ1) is 16.9. The van der Waals surface area contributed by atoms with Crippen molar-refractivity contribution in [2.45, 2.75) is 83.8 Å². The van der Waals surface area contributed by atoms with E-state index in [9.17, 15) is 0 Å². The summed E-state index contributed by atoms with van der Waals surface area (Å²) in [6, 6.07) is 0. The molecule has 1 saturated heterocycles. The molecule has 1 spiro atoms. The van der Waals surface area contributed by atoms with E-state index in [0.29, 0.717) is 5.41 Å². The highest BCUT2D eigenvalue weighted by molar-refractivity contribution is 8.34. The number of allylic oxidation sites excluding steroid dienone is 1. The zero-order chi connectivity index (χ0) is 15.8. The van der Waals surface area contributed by atoms with Gasteiger partial charge in [0, 0.05) is 10.7 Å². The molecule has 0 radical (unpaired) electrons. The Labute approximate surface area is 140 Å². The lowest BCUT2D eigenvalue weighted by atomic mass is 9.92. The predicted molar refractivity (Wildman–Crippen MR) is 103 cm³/mol. The van der Waals surface area contributed by atoms with E-state index in [4.69, 9.17) is 0 Å². The molecule has 0 nitrogen and oxygen atoms in total. The summed E-state index contributed by atoms with van der Waals surface area (Å²) in [7, 11) is -0.340. The van der Waals surface area contributed by atoms with Gasteiger partial charge in [-0.25, -0.2) is 10.0 Å². The Balaban J connectivity index is 1.84. The minimum atomic E-state index is -0.340. The van der Waals surface area contributed by atoms with Gasteiger partial charge in [-0.3, -0.25) is 0 Å². The van der Waals surface area contributed by atoms with E-state index >= 15 is 0 Å². The number of fused-ring (bicyclic) bond motifs is 1. The molecule has 4 atom stereocenters. The van der Waals surface area contributed by atoms with Crippen molar-refractivity contribution in [3.8, 4) is 0 Å². The van der Waals surface area contributed by atoms with Crippen LogP contribution in [0.3, 0.4) is 0 Å². The summed E-state index contributed by atoms with van der Waals surface area (Å²) in [5.41, 5.74) is 2.35. The SMILES string of the molecule is C=C1CCS(CCCC)(CCCC)C2C3C(CCC)CCC132. The third kappa shape index (κ3) is 2.41. The number of unbranched alkanes of at least 4 members (excludes halogenated alkanes) is 2. The van der Waals surface area contributed by atoms with Gasteiger partial charge in [0.2, 0.25) is 0 Å². The molecule has 128 valence electrons. The van der Waals surface area contributed by atoms with Crippen molar-refractivity contribution in [3.05, 3.63) is 12.2 Å². The van der Waals surface area contributed by atoms with E-state index in [1.54, 1.807) is 22.8 Å². The first-order valence-corrected chi connectivity index (χ1v) is 12.3. The molecule has 3 rings (SSSR count). The van der Waals surface area contributed by atoms with Crippen LogP contribution in [0.5, 0.6) is 0 Å². The Morgan fingerprint density at radius 1 is 1.09 bits per heavy atom. The van der Waals surface area contributed by atoms with Crippen LogP contribution in [-0.4, -0.2) is 22.5 Å². The van der Waals surface area contributed by atoms with Gasteiger partial charge in [0.25, 0.3) is 0 Å². The van der Waals surface area contributed by atoms with Crippen LogP contribution in [0.1, 0.15) is 78.6 Å². The van der Waals surface area contributed by atoms with Crippen LogP contribution in [0.4, 0.5) is 0 Å². The second kappa shape index (κ2) is 6.54. The van der Waals surface area contributed by atoms with Gasteiger partial charge in [-0.15, -0.1) is 0 Å². The fourth-order valence-corrected chi connectivity index (χ4v) is 12.3. The lowest BCUT2D eigenvalue weighted by Gasteiger charge is -2.48. The first-order chi connectivity index (χ1) is 10.7. The Kier molecular flexibility index (Phi) is 5.03. The third-order valence-corrected chi connectivity index (χ3v) is 12.2. The van der Waals surface area contributed by atoms with Crippen LogP contribution >= 0.6 is 10.0 Å². The number of rotatable bonds is 8. The zero-order valence-electron chi connectivity index (χ0n) is 15.3. The van der Waals surface area contributed by atoms with E-state index in [1.807, 2.05) is 0 Å². The van der Waals surface area contributed by atoms with Gasteiger partial charge in [-0.2, -0.15) is 0 Å². The van der Waals surface area contributed by atoms with Crippen LogP contribution in [0.2, 0.25) is 0 Å². The first-order valence-electron chi connectivity index (χ1n) is 10.1. The van der Waals surface area contributed by atoms with E-state index in [-0.39, 0.29) is 10.0 Å². The highest BCUT2D eigenvalue weighted by atomic mass is 32.3. The molecule has 2 saturated carbocycles. The van der Waals surface area contributed by atoms with Crippen LogP contribution in [-0.2, 0) is 0 Å². The molecular formula is C21H38S. The van der Waals surface area contributed by atoms with Crippen molar-refractivity contribution < 1.29 is 0 Å². The van der Waals surface area contributed by atoms with Crippen molar-refractivity contribution >= 4 is 10.0 Å². The molecule has 1 heteroatoms. The minimum Gasteiger partial charge on any atom is -0.237 e. The summed E-state index contributed by atoms with van der Waals surface area (Å²) in [4.78, 5) is 0. The number of hydrogen-bond donors (Lipinski definition) is 0. The summed E-state index contributed by atoms with van der Waals surface area (Å²) in [5.74, 6) is 6.87. The molecule has 3 fully saturated rings. The molecule has 0 aromatic rings. The summed E-state index contributed by atoms with van der Waals surface area (Å²) >= 11 is 0. The van der Waals surface area contributed by atoms with Gasteiger partial charge in [0.05, 0.1) is 0 Å². The van der Waals surface area contributed by atoms with Gasteiger partial charge < -0.3 is 0 Å². The smallest absolute Gasteiger partial charge is 0.00583 e. The molecule has 0 aromatic heterocycles. The molecule has 3 aliphatic rings.